The van der Waals surface area contributed by atoms with Crippen LogP contribution in [0.1, 0.15) is 297 Å². The zero-order chi connectivity index (χ0) is 52.2. The fourth-order valence-electron chi connectivity index (χ4n) is 8.52. The summed E-state index contributed by atoms with van der Waals surface area (Å²) in [7, 11) is 0. The lowest BCUT2D eigenvalue weighted by atomic mass is 10.1. The van der Waals surface area contributed by atoms with E-state index in [9.17, 15) is 14.4 Å². The molecule has 0 saturated heterocycles. The minimum atomic E-state index is -0.792. The van der Waals surface area contributed by atoms with Crippen molar-refractivity contribution in [3.05, 3.63) is 85.1 Å². The maximum Gasteiger partial charge on any atom is 0.306 e. The number of carbonyl (C=O) groups excluding carboxylic acids is 3. The summed E-state index contributed by atoms with van der Waals surface area (Å²) in [4.78, 5) is 38.3. The molecule has 414 valence electrons. The Bertz CT molecular complexity index is 1380. The van der Waals surface area contributed by atoms with Crippen molar-refractivity contribution >= 4 is 17.9 Å². The lowest BCUT2D eigenvalue weighted by molar-refractivity contribution is -0.167. The van der Waals surface area contributed by atoms with E-state index in [2.05, 4.69) is 106 Å². The number of unbranched alkanes of at least 4 members (excludes halogenated alkanes) is 30. The fourth-order valence-corrected chi connectivity index (χ4v) is 8.52. The van der Waals surface area contributed by atoms with Gasteiger partial charge in [-0.3, -0.25) is 14.4 Å². The zero-order valence-corrected chi connectivity index (χ0v) is 47.4. The second kappa shape index (κ2) is 60.1. The van der Waals surface area contributed by atoms with Crippen molar-refractivity contribution in [1.29, 1.82) is 0 Å². The van der Waals surface area contributed by atoms with Crippen LogP contribution in [0.4, 0.5) is 0 Å². The van der Waals surface area contributed by atoms with E-state index in [4.69, 9.17) is 14.2 Å². The van der Waals surface area contributed by atoms with Gasteiger partial charge >= 0.3 is 17.9 Å². The Morgan fingerprint density at radius 2 is 0.542 bits per heavy atom. The number of hydrogen-bond acceptors (Lipinski definition) is 6. The summed E-state index contributed by atoms with van der Waals surface area (Å²) in [5.41, 5.74) is 0. The number of allylic oxidation sites excluding steroid dienone is 14. The van der Waals surface area contributed by atoms with Gasteiger partial charge in [-0.15, -0.1) is 0 Å². The Hall–Kier alpha value is -3.41. The molecule has 0 aliphatic heterocycles. The molecule has 0 aromatic carbocycles. The van der Waals surface area contributed by atoms with Crippen LogP contribution < -0.4 is 0 Å². The number of esters is 3. The number of rotatable bonds is 55. The van der Waals surface area contributed by atoms with E-state index >= 15 is 0 Å². The van der Waals surface area contributed by atoms with Gasteiger partial charge < -0.3 is 14.2 Å². The highest BCUT2D eigenvalue weighted by molar-refractivity contribution is 5.71. The molecule has 0 radical (unpaired) electrons. The molecule has 0 N–H and O–H groups in total. The minimum absolute atomic E-state index is 0.0889. The average Bonchev–Trinajstić information content (AvgIpc) is 3.38. The first-order valence-electron chi connectivity index (χ1n) is 30.6. The normalized spacial score (nSPS) is 12.7. The van der Waals surface area contributed by atoms with E-state index in [-0.39, 0.29) is 31.1 Å². The van der Waals surface area contributed by atoms with Crippen molar-refractivity contribution in [3.63, 3.8) is 0 Å². The molecule has 0 fully saturated rings. The lowest BCUT2D eigenvalue weighted by Crippen LogP contribution is -2.30. The molecule has 0 rings (SSSR count). The van der Waals surface area contributed by atoms with Gasteiger partial charge in [0.15, 0.2) is 6.10 Å². The predicted molar refractivity (Wildman–Crippen MR) is 311 cm³/mol. The minimum Gasteiger partial charge on any atom is -0.462 e. The Morgan fingerprint density at radius 3 is 0.861 bits per heavy atom. The van der Waals surface area contributed by atoms with Gasteiger partial charge in [-0.25, -0.2) is 0 Å². The SMILES string of the molecule is CC/C=C\C/C=C\C/C=C\CCCCCCCCCC(=O)OC(COC(=O)CCCCCCC/C=C\CCCCCCCCC)COC(=O)CCCCCCCC/C=C\C/C=C\C/C=C\CCCCCCC. The molecule has 0 bridgehead atoms. The quantitative estimate of drug-likeness (QED) is 0.0261. The Kier molecular flexibility index (Phi) is 57.3. The summed E-state index contributed by atoms with van der Waals surface area (Å²) in [5, 5.41) is 0. The molecule has 0 aromatic rings. The van der Waals surface area contributed by atoms with Crippen LogP contribution in [0.15, 0.2) is 85.1 Å². The van der Waals surface area contributed by atoms with Crippen LogP contribution >= 0.6 is 0 Å². The lowest BCUT2D eigenvalue weighted by Gasteiger charge is -2.18. The molecular formula is C66H114O6. The summed E-state index contributed by atoms with van der Waals surface area (Å²) in [6.45, 7) is 6.51. The van der Waals surface area contributed by atoms with Crippen molar-refractivity contribution in [2.24, 2.45) is 0 Å². The first kappa shape index (κ1) is 68.6. The van der Waals surface area contributed by atoms with E-state index < -0.39 is 6.10 Å². The van der Waals surface area contributed by atoms with Gasteiger partial charge in [0.1, 0.15) is 13.2 Å². The van der Waals surface area contributed by atoms with Crippen LogP contribution in [0.2, 0.25) is 0 Å². The fraction of sp³-hybridized carbons (Fsp3) is 0.742. The predicted octanol–water partition coefficient (Wildman–Crippen LogP) is 20.7. The molecule has 1 unspecified atom stereocenters. The van der Waals surface area contributed by atoms with Crippen molar-refractivity contribution in [2.45, 2.75) is 303 Å². The van der Waals surface area contributed by atoms with Crippen molar-refractivity contribution in [3.8, 4) is 0 Å². The monoisotopic (exact) mass is 1000 g/mol. The largest absolute Gasteiger partial charge is 0.462 e. The topological polar surface area (TPSA) is 78.9 Å². The van der Waals surface area contributed by atoms with Gasteiger partial charge in [0.25, 0.3) is 0 Å². The van der Waals surface area contributed by atoms with E-state index in [1.165, 1.54) is 148 Å². The van der Waals surface area contributed by atoms with E-state index in [0.29, 0.717) is 19.3 Å². The average molecular weight is 1000 g/mol. The first-order chi connectivity index (χ1) is 35.5. The summed E-state index contributed by atoms with van der Waals surface area (Å²) in [6, 6.07) is 0. The summed E-state index contributed by atoms with van der Waals surface area (Å²) in [5.74, 6) is -0.910. The van der Waals surface area contributed by atoms with Crippen LogP contribution in [0.3, 0.4) is 0 Å². The van der Waals surface area contributed by atoms with Gasteiger partial charge in [-0.1, -0.05) is 247 Å². The van der Waals surface area contributed by atoms with Crippen molar-refractivity contribution < 1.29 is 28.6 Å². The van der Waals surface area contributed by atoms with Gasteiger partial charge in [-0.05, 0) is 116 Å². The molecule has 0 aromatic heterocycles. The van der Waals surface area contributed by atoms with Gasteiger partial charge in [-0.2, -0.15) is 0 Å². The third kappa shape index (κ3) is 57.5. The molecule has 0 spiro atoms. The standard InChI is InChI=1S/C66H114O6/c1-4-7-10-13-16-19-22-25-28-31-32-33-34-36-38-41-44-47-50-53-56-59-65(68)71-62-63(61-70-64(67)58-55-52-49-46-43-40-37-30-27-24-21-18-15-12-9-6-3)72-66(69)60-57-54-51-48-45-42-39-35-29-26-23-20-17-14-11-8-5-2/h8,11,17,20,22,25-26,29-32,34,36-37,63H,4-7,9-10,12-16,18-19,21,23-24,27-28,33,35,38-62H2,1-3H3/b11-8-,20-17-,25-22-,29-26-,32-31-,36-34-,37-30-. The van der Waals surface area contributed by atoms with E-state index in [1.54, 1.807) is 0 Å². The molecule has 6 nitrogen and oxygen atoms in total. The van der Waals surface area contributed by atoms with Gasteiger partial charge in [0.05, 0.1) is 0 Å². The molecule has 72 heavy (non-hydrogen) atoms. The highest BCUT2D eigenvalue weighted by atomic mass is 16.6. The van der Waals surface area contributed by atoms with Crippen LogP contribution in [-0.2, 0) is 28.6 Å². The molecule has 6 heteroatoms. The number of ether oxygens (including phenoxy) is 3. The summed E-state index contributed by atoms with van der Waals surface area (Å²) < 4.78 is 16.9. The molecular weight excluding hydrogens is 889 g/mol. The molecule has 0 saturated carbocycles. The third-order valence-corrected chi connectivity index (χ3v) is 13.1. The molecule has 0 amide bonds. The molecule has 1 atom stereocenters. The first-order valence-corrected chi connectivity index (χ1v) is 30.6. The molecule has 0 aliphatic rings. The van der Waals surface area contributed by atoms with Crippen LogP contribution in [0.25, 0.3) is 0 Å². The van der Waals surface area contributed by atoms with Crippen LogP contribution in [0, 0.1) is 0 Å². The smallest absolute Gasteiger partial charge is 0.306 e. The van der Waals surface area contributed by atoms with Crippen molar-refractivity contribution in [1.82, 2.24) is 0 Å². The molecule has 0 aliphatic carbocycles. The van der Waals surface area contributed by atoms with E-state index in [1.807, 2.05) is 0 Å². The highest BCUT2D eigenvalue weighted by Crippen LogP contribution is 2.15. The number of hydrogen-bond donors (Lipinski definition) is 0. The van der Waals surface area contributed by atoms with Crippen LogP contribution in [0.5, 0.6) is 0 Å². The zero-order valence-electron chi connectivity index (χ0n) is 47.4. The second-order valence-electron chi connectivity index (χ2n) is 20.2. The maximum absolute atomic E-state index is 12.9. The second-order valence-corrected chi connectivity index (χ2v) is 20.2. The van der Waals surface area contributed by atoms with Crippen LogP contribution in [-0.4, -0.2) is 37.2 Å². The third-order valence-electron chi connectivity index (χ3n) is 13.1. The Morgan fingerprint density at radius 1 is 0.292 bits per heavy atom. The van der Waals surface area contributed by atoms with E-state index in [0.717, 1.165) is 109 Å². The highest BCUT2D eigenvalue weighted by Gasteiger charge is 2.19. The summed E-state index contributed by atoms with van der Waals surface area (Å²) in [6.07, 6.45) is 78.6. The number of carbonyl (C=O) groups is 3. The maximum atomic E-state index is 12.9. The summed E-state index contributed by atoms with van der Waals surface area (Å²) >= 11 is 0. The molecule has 0 heterocycles. The van der Waals surface area contributed by atoms with Gasteiger partial charge in [0, 0.05) is 19.3 Å². The van der Waals surface area contributed by atoms with Gasteiger partial charge in [0.2, 0.25) is 0 Å². The Balaban J connectivity index is 4.42. The van der Waals surface area contributed by atoms with Crippen molar-refractivity contribution in [2.75, 3.05) is 13.2 Å². The Labute approximate surface area is 445 Å².